The molecule has 31 heavy (non-hydrogen) atoms. The van der Waals surface area contributed by atoms with Gasteiger partial charge in [0.1, 0.15) is 5.75 Å². The van der Waals surface area contributed by atoms with Gasteiger partial charge in [0.05, 0.1) is 22.3 Å². The first-order valence-electron chi connectivity index (χ1n) is 10.00. The van der Waals surface area contributed by atoms with Gasteiger partial charge in [-0.15, -0.1) is 0 Å². The van der Waals surface area contributed by atoms with Crippen molar-refractivity contribution in [3.05, 3.63) is 76.3 Å². The number of nitrogens with zero attached hydrogens (tertiary/aromatic N) is 2. The highest BCUT2D eigenvalue weighted by Gasteiger charge is 2.29. The lowest BCUT2D eigenvalue weighted by Crippen LogP contribution is -2.42. The minimum absolute atomic E-state index is 0.0929. The maximum atomic E-state index is 12.5. The lowest BCUT2D eigenvalue weighted by atomic mass is 9.88. The maximum absolute atomic E-state index is 12.5. The van der Waals surface area contributed by atoms with Crippen molar-refractivity contribution in [3.63, 3.8) is 0 Å². The Bertz CT molecular complexity index is 1260. The number of phenols is 1. The summed E-state index contributed by atoms with van der Waals surface area (Å²) in [5.74, 6) is -0.587. The predicted octanol–water partition coefficient (Wildman–Crippen LogP) is 5.59. The molecule has 0 spiro atoms. The fourth-order valence-electron chi connectivity index (χ4n) is 3.92. The minimum atomic E-state index is -0.494. The highest BCUT2D eigenvalue weighted by Crippen LogP contribution is 2.40. The molecule has 158 valence electrons. The van der Waals surface area contributed by atoms with E-state index < -0.39 is 5.91 Å². The van der Waals surface area contributed by atoms with Gasteiger partial charge in [-0.1, -0.05) is 41.9 Å². The lowest BCUT2D eigenvalue weighted by Gasteiger charge is -2.40. The number of rotatable bonds is 3. The molecule has 1 amide bonds. The molecule has 3 aromatic carbocycles. The van der Waals surface area contributed by atoms with E-state index in [9.17, 15) is 9.90 Å². The number of allylic oxidation sites excluding steroid dienone is 1. The van der Waals surface area contributed by atoms with E-state index in [-0.39, 0.29) is 16.9 Å². The normalized spacial score (nSPS) is 15.1. The Morgan fingerprint density at radius 3 is 2.55 bits per heavy atom. The summed E-state index contributed by atoms with van der Waals surface area (Å²) in [7, 11) is 2.04. The number of nitrogens with one attached hydrogen (secondary N) is 1. The largest absolute Gasteiger partial charge is 0.507 e. The number of benzene rings is 3. The maximum Gasteiger partial charge on any atom is 0.275 e. The van der Waals surface area contributed by atoms with Crippen LogP contribution in [-0.4, -0.2) is 29.8 Å². The molecular formula is C25H24ClN3O2. The van der Waals surface area contributed by atoms with Crippen LogP contribution in [0.4, 0.5) is 5.69 Å². The van der Waals surface area contributed by atoms with Gasteiger partial charge in [-0.05, 0) is 61.4 Å². The van der Waals surface area contributed by atoms with Crippen molar-refractivity contribution >= 4 is 45.8 Å². The van der Waals surface area contributed by atoms with Gasteiger partial charge in [0.25, 0.3) is 5.91 Å². The van der Waals surface area contributed by atoms with E-state index >= 15 is 0 Å². The average Bonchev–Trinajstić information content (AvgIpc) is 2.72. The first-order valence-corrected chi connectivity index (χ1v) is 10.4. The first-order chi connectivity index (χ1) is 14.7. The van der Waals surface area contributed by atoms with E-state index in [1.807, 2.05) is 43.4 Å². The van der Waals surface area contributed by atoms with Crippen molar-refractivity contribution in [2.75, 3.05) is 11.9 Å². The van der Waals surface area contributed by atoms with Crippen molar-refractivity contribution in [1.29, 1.82) is 0 Å². The number of fused-ring (bicyclic) bond motifs is 2. The molecule has 0 fully saturated rings. The number of anilines is 1. The Balaban J connectivity index is 1.58. The van der Waals surface area contributed by atoms with Crippen LogP contribution in [0.3, 0.4) is 0 Å². The molecule has 0 saturated carbocycles. The predicted molar refractivity (Wildman–Crippen MR) is 128 cm³/mol. The molecule has 1 aliphatic rings. The number of likely N-dealkylation sites (N-methyl/N-ethyl adjacent to an activating group) is 1. The van der Waals surface area contributed by atoms with Crippen molar-refractivity contribution in [3.8, 4) is 5.75 Å². The van der Waals surface area contributed by atoms with Gasteiger partial charge in [-0.2, -0.15) is 5.10 Å². The summed E-state index contributed by atoms with van der Waals surface area (Å²) in [4.78, 5) is 14.7. The number of hydrogen-bond acceptors (Lipinski definition) is 4. The molecule has 0 unspecified atom stereocenters. The standard InChI is InChI=1S/C25H24ClN3O2/c1-15-13-25(2,3)29(4)22-12-21(26)18(10-19(15)22)14-27-28-24(31)20-9-16-7-5-6-8-17(16)11-23(20)30/h5-14,30H,1-4H3,(H,28,31)/b27-14+. The summed E-state index contributed by atoms with van der Waals surface area (Å²) in [5.41, 5.74) is 6.53. The Hall–Kier alpha value is -3.31. The van der Waals surface area contributed by atoms with E-state index in [1.54, 1.807) is 12.1 Å². The van der Waals surface area contributed by atoms with Gasteiger partial charge in [-0.25, -0.2) is 5.43 Å². The molecule has 1 heterocycles. The van der Waals surface area contributed by atoms with E-state index in [2.05, 4.69) is 42.3 Å². The summed E-state index contributed by atoms with van der Waals surface area (Å²) in [6, 6.07) is 14.6. The first kappa shape index (κ1) is 20.9. The quantitative estimate of drug-likeness (QED) is 0.417. The molecule has 0 aromatic heterocycles. The summed E-state index contributed by atoms with van der Waals surface area (Å²) in [6.07, 6.45) is 3.74. The third-order valence-electron chi connectivity index (χ3n) is 5.81. The van der Waals surface area contributed by atoms with Gasteiger partial charge in [0, 0.05) is 23.9 Å². The monoisotopic (exact) mass is 433 g/mol. The highest BCUT2D eigenvalue weighted by molar-refractivity contribution is 6.33. The van der Waals surface area contributed by atoms with E-state index in [1.165, 1.54) is 6.21 Å². The molecule has 0 saturated heterocycles. The minimum Gasteiger partial charge on any atom is -0.507 e. The number of carbonyl (C=O) groups excluding carboxylic acids is 1. The van der Waals surface area contributed by atoms with Crippen molar-refractivity contribution in [2.45, 2.75) is 26.3 Å². The van der Waals surface area contributed by atoms with Crippen LogP contribution in [-0.2, 0) is 0 Å². The second kappa shape index (κ2) is 7.75. The van der Waals surface area contributed by atoms with Gasteiger partial charge in [-0.3, -0.25) is 4.79 Å². The summed E-state index contributed by atoms with van der Waals surface area (Å²) in [6.45, 7) is 6.38. The molecular weight excluding hydrogens is 410 g/mol. The number of halogens is 1. The van der Waals surface area contributed by atoms with E-state index in [4.69, 9.17) is 11.6 Å². The van der Waals surface area contributed by atoms with Gasteiger partial charge in [0.15, 0.2) is 0 Å². The Morgan fingerprint density at radius 1 is 1.16 bits per heavy atom. The van der Waals surface area contributed by atoms with Crippen LogP contribution in [0, 0.1) is 0 Å². The van der Waals surface area contributed by atoms with Crippen LogP contribution in [0.15, 0.2) is 59.7 Å². The molecule has 3 aromatic rings. The molecule has 2 N–H and O–H groups in total. The molecule has 0 aliphatic carbocycles. The Kier molecular flexibility index (Phi) is 5.23. The molecule has 0 atom stereocenters. The molecule has 6 heteroatoms. The number of phenolic OH excluding ortho intramolecular Hbond substituents is 1. The van der Waals surface area contributed by atoms with Crippen molar-refractivity contribution in [1.82, 2.24) is 5.43 Å². The fourth-order valence-corrected chi connectivity index (χ4v) is 4.12. The number of amides is 1. The van der Waals surface area contributed by atoms with Crippen LogP contribution in [0.25, 0.3) is 16.3 Å². The third-order valence-corrected chi connectivity index (χ3v) is 6.14. The van der Waals surface area contributed by atoms with Crippen molar-refractivity contribution in [2.24, 2.45) is 5.10 Å². The van der Waals surface area contributed by atoms with Gasteiger partial charge < -0.3 is 10.0 Å². The lowest BCUT2D eigenvalue weighted by molar-refractivity contribution is 0.0952. The molecule has 0 radical (unpaired) electrons. The summed E-state index contributed by atoms with van der Waals surface area (Å²) < 4.78 is 0. The van der Waals surface area contributed by atoms with E-state index in [0.29, 0.717) is 10.6 Å². The fraction of sp³-hybridized carbons (Fsp3) is 0.200. The smallest absolute Gasteiger partial charge is 0.275 e. The molecule has 4 rings (SSSR count). The zero-order valence-corrected chi connectivity index (χ0v) is 18.7. The number of carbonyl (C=O) groups is 1. The van der Waals surface area contributed by atoms with Crippen molar-refractivity contribution < 1.29 is 9.90 Å². The second-order valence-corrected chi connectivity index (χ2v) is 8.75. The van der Waals surface area contributed by atoms with Gasteiger partial charge >= 0.3 is 0 Å². The Morgan fingerprint density at radius 2 is 1.84 bits per heavy atom. The summed E-state index contributed by atoms with van der Waals surface area (Å²) in [5, 5.41) is 16.6. The van der Waals surface area contributed by atoms with E-state index in [0.717, 1.165) is 27.6 Å². The van der Waals surface area contributed by atoms with Gasteiger partial charge in [0.2, 0.25) is 0 Å². The van der Waals surface area contributed by atoms with Crippen LogP contribution < -0.4 is 10.3 Å². The number of aromatic hydroxyl groups is 1. The van der Waals surface area contributed by atoms with Crippen LogP contribution in [0.2, 0.25) is 5.02 Å². The number of hydrazone groups is 1. The topological polar surface area (TPSA) is 64.9 Å². The SMILES string of the molecule is CC1=CC(C)(C)N(C)c2cc(Cl)c(/C=N/NC(=O)c3cc4ccccc4cc3O)cc21. The molecule has 1 aliphatic heterocycles. The molecule has 5 nitrogen and oxygen atoms in total. The molecule has 0 bridgehead atoms. The number of hydrogen-bond donors (Lipinski definition) is 2. The third kappa shape index (κ3) is 3.89. The zero-order chi connectivity index (χ0) is 22.3. The second-order valence-electron chi connectivity index (χ2n) is 8.35. The van der Waals surface area contributed by atoms with Crippen LogP contribution in [0.1, 0.15) is 42.3 Å². The van der Waals surface area contributed by atoms with Crippen LogP contribution >= 0.6 is 11.6 Å². The van der Waals surface area contributed by atoms with Crippen LogP contribution in [0.5, 0.6) is 5.75 Å². The Labute approximate surface area is 186 Å². The zero-order valence-electron chi connectivity index (χ0n) is 17.9. The average molecular weight is 434 g/mol. The highest BCUT2D eigenvalue weighted by atomic mass is 35.5. The summed E-state index contributed by atoms with van der Waals surface area (Å²) >= 11 is 6.50.